The van der Waals surface area contributed by atoms with Crippen molar-refractivity contribution in [1.29, 1.82) is 4.78 Å². The predicted octanol–water partition coefficient (Wildman–Crippen LogP) is 2.95. The zero-order chi connectivity index (χ0) is 11.3. The van der Waals surface area contributed by atoms with Gasteiger partial charge >= 0.3 is 0 Å². The molecule has 1 aromatic carbocycles. The highest BCUT2D eigenvalue weighted by molar-refractivity contribution is 7.92. The average Bonchev–Trinajstić information content (AvgIpc) is 2.41. The second-order valence-electron chi connectivity index (χ2n) is 5.20. The maximum Gasteiger partial charge on any atom is 0.0732 e. The van der Waals surface area contributed by atoms with Crippen molar-refractivity contribution in [3.63, 3.8) is 0 Å². The van der Waals surface area contributed by atoms with Gasteiger partial charge in [-0.1, -0.05) is 32.9 Å². The molecule has 15 heavy (non-hydrogen) atoms. The molecule has 0 fully saturated rings. The molecular formula is C12H17NOS. The first-order chi connectivity index (χ1) is 6.81. The van der Waals surface area contributed by atoms with Crippen LogP contribution in [0.5, 0.6) is 0 Å². The Labute approximate surface area is 91.7 Å². The summed E-state index contributed by atoms with van der Waals surface area (Å²) in [6.07, 6.45) is 0.793. The number of aryl methyl sites for hydroxylation is 1. The van der Waals surface area contributed by atoms with Gasteiger partial charge in [0.05, 0.1) is 14.6 Å². The Morgan fingerprint density at radius 1 is 1.33 bits per heavy atom. The minimum atomic E-state index is -2.47. The molecule has 1 N–H and O–H groups in total. The monoisotopic (exact) mass is 223 g/mol. The Kier molecular flexibility index (Phi) is 2.19. The fourth-order valence-corrected chi connectivity index (χ4v) is 3.53. The van der Waals surface area contributed by atoms with Crippen molar-refractivity contribution >= 4 is 9.73 Å². The maximum absolute atomic E-state index is 11.8. The lowest BCUT2D eigenvalue weighted by atomic mass is 9.86. The maximum atomic E-state index is 11.8. The van der Waals surface area contributed by atoms with Gasteiger partial charge in [-0.3, -0.25) is 0 Å². The number of rotatable bonds is 0. The standard InChI is InChI=1S/C12H17NOS/c1-12(2,3)10-4-5-11-9(8-10)6-7-15(11,13)14/h4-5,8,13H,6-7H2,1-3H3. The molecule has 0 saturated carbocycles. The van der Waals surface area contributed by atoms with E-state index in [9.17, 15) is 4.21 Å². The summed E-state index contributed by atoms with van der Waals surface area (Å²) >= 11 is 0. The molecule has 1 aliphatic heterocycles. The zero-order valence-corrected chi connectivity index (χ0v) is 10.3. The average molecular weight is 223 g/mol. The Morgan fingerprint density at radius 2 is 2.00 bits per heavy atom. The molecule has 0 amide bonds. The Hall–Kier alpha value is -0.830. The molecule has 0 aromatic heterocycles. The first kappa shape index (κ1) is 10.7. The molecule has 1 unspecified atom stereocenters. The molecule has 0 bridgehead atoms. The number of benzene rings is 1. The molecule has 0 radical (unpaired) electrons. The molecule has 1 atom stereocenters. The first-order valence-corrected chi connectivity index (χ1v) is 6.93. The van der Waals surface area contributed by atoms with Crippen LogP contribution in [0, 0.1) is 4.78 Å². The summed E-state index contributed by atoms with van der Waals surface area (Å²) in [5, 5.41) is 0. The SMILES string of the molecule is CC(C)(C)c1ccc2c(c1)CCS2(=N)=O. The van der Waals surface area contributed by atoms with Gasteiger partial charge in [0.25, 0.3) is 0 Å². The minimum Gasteiger partial charge on any atom is -0.249 e. The van der Waals surface area contributed by atoms with Gasteiger partial charge in [-0.05, 0) is 29.0 Å². The fourth-order valence-electron chi connectivity index (χ4n) is 1.93. The van der Waals surface area contributed by atoms with Gasteiger partial charge in [0, 0.05) is 5.75 Å². The third kappa shape index (κ3) is 1.81. The molecule has 0 saturated heterocycles. The molecule has 1 aromatic rings. The summed E-state index contributed by atoms with van der Waals surface area (Å²) in [5.41, 5.74) is 2.50. The summed E-state index contributed by atoms with van der Waals surface area (Å²) in [6, 6.07) is 6.02. The highest BCUT2D eigenvalue weighted by atomic mass is 32.2. The van der Waals surface area contributed by atoms with Gasteiger partial charge in [0.15, 0.2) is 0 Å². The van der Waals surface area contributed by atoms with Crippen LogP contribution < -0.4 is 0 Å². The third-order valence-corrected chi connectivity index (χ3v) is 4.83. The molecular weight excluding hydrogens is 206 g/mol. The second kappa shape index (κ2) is 3.08. The second-order valence-corrected chi connectivity index (χ2v) is 7.40. The van der Waals surface area contributed by atoms with Crippen LogP contribution >= 0.6 is 0 Å². The van der Waals surface area contributed by atoms with E-state index in [1.807, 2.05) is 12.1 Å². The highest BCUT2D eigenvalue weighted by Gasteiger charge is 2.24. The van der Waals surface area contributed by atoms with Crippen molar-refractivity contribution in [1.82, 2.24) is 0 Å². The van der Waals surface area contributed by atoms with Crippen LogP contribution in [0.1, 0.15) is 31.9 Å². The van der Waals surface area contributed by atoms with Crippen LogP contribution in [-0.4, -0.2) is 9.96 Å². The number of hydrogen-bond donors (Lipinski definition) is 1. The van der Waals surface area contributed by atoms with E-state index >= 15 is 0 Å². The summed E-state index contributed by atoms with van der Waals surface area (Å²) < 4.78 is 19.6. The Bertz CT molecular complexity index is 495. The van der Waals surface area contributed by atoms with Gasteiger partial charge in [-0.25, -0.2) is 8.99 Å². The first-order valence-electron chi connectivity index (χ1n) is 5.21. The van der Waals surface area contributed by atoms with Gasteiger partial charge in [-0.15, -0.1) is 0 Å². The lowest BCUT2D eigenvalue weighted by molar-refractivity contribution is 0.588. The highest BCUT2D eigenvalue weighted by Crippen LogP contribution is 2.31. The van der Waals surface area contributed by atoms with Crippen LogP contribution in [0.2, 0.25) is 0 Å². The quantitative estimate of drug-likeness (QED) is 0.721. The lowest BCUT2D eigenvalue weighted by Crippen LogP contribution is -2.11. The number of nitrogens with one attached hydrogen (secondary N) is 1. The predicted molar refractivity (Wildman–Crippen MR) is 62.8 cm³/mol. The van der Waals surface area contributed by atoms with Gasteiger partial charge < -0.3 is 0 Å². The summed E-state index contributed by atoms with van der Waals surface area (Å²) in [7, 11) is -2.47. The van der Waals surface area contributed by atoms with Gasteiger partial charge in [0.2, 0.25) is 0 Å². The van der Waals surface area contributed by atoms with E-state index in [-0.39, 0.29) is 5.41 Å². The molecule has 3 heteroatoms. The van der Waals surface area contributed by atoms with Crippen molar-refractivity contribution in [2.75, 3.05) is 5.75 Å². The van der Waals surface area contributed by atoms with Gasteiger partial charge in [0.1, 0.15) is 0 Å². The molecule has 0 aliphatic carbocycles. The number of hydrogen-bond acceptors (Lipinski definition) is 2. The van der Waals surface area contributed by atoms with Crippen LogP contribution in [0.4, 0.5) is 0 Å². The van der Waals surface area contributed by atoms with E-state index in [1.165, 1.54) is 5.56 Å². The van der Waals surface area contributed by atoms with Crippen molar-refractivity contribution in [2.24, 2.45) is 0 Å². The largest absolute Gasteiger partial charge is 0.249 e. The Balaban J connectivity index is 2.56. The van der Waals surface area contributed by atoms with E-state index in [4.69, 9.17) is 4.78 Å². The Morgan fingerprint density at radius 3 is 2.60 bits per heavy atom. The number of fused-ring (bicyclic) bond motifs is 1. The van der Waals surface area contributed by atoms with Crippen LogP contribution in [0.15, 0.2) is 23.1 Å². The summed E-state index contributed by atoms with van der Waals surface area (Å²) in [6.45, 7) is 6.50. The van der Waals surface area contributed by atoms with E-state index < -0.39 is 9.73 Å². The lowest BCUT2D eigenvalue weighted by Gasteiger charge is -2.19. The summed E-state index contributed by atoms with van der Waals surface area (Å²) in [5.74, 6) is 0.496. The molecule has 0 spiro atoms. The molecule has 1 aliphatic rings. The minimum absolute atomic E-state index is 0.126. The van der Waals surface area contributed by atoms with E-state index in [0.29, 0.717) is 5.75 Å². The molecule has 2 rings (SSSR count). The van der Waals surface area contributed by atoms with Crippen LogP contribution in [0.25, 0.3) is 0 Å². The molecule has 82 valence electrons. The van der Waals surface area contributed by atoms with E-state index in [1.54, 1.807) is 0 Å². The van der Waals surface area contributed by atoms with Crippen molar-refractivity contribution in [3.8, 4) is 0 Å². The van der Waals surface area contributed by atoms with Crippen LogP contribution in [-0.2, 0) is 21.6 Å². The zero-order valence-electron chi connectivity index (χ0n) is 9.46. The molecule has 2 nitrogen and oxygen atoms in total. The third-order valence-electron chi connectivity index (χ3n) is 2.94. The summed E-state index contributed by atoms with van der Waals surface area (Å²) in [4.78, 5) is 0.760. The van der Waals surface area contributed by atoms with Crippen LogP contribution in [0.3, 0.4) is 0 Å². The van der Waals surface area contributed by atoms with E-state index in [0.717, 1.165) is 16.9 Å². The topological polar surface area (TPSA) is 40.9 Å². The smallest absolute Gasteiger partial charge is 0.0732 e. The van der Waals surface area contributed by atoms with Crippen molar-refractivity contribution in [3.05, 3.63) is 29.3 Å². The normalized spacial score (nSPS) is 25.3. The fraction of sp³-hybridized carbons (Fsp3) is 0.500. The molecule has 1 heterocycles. The van der Waals surface area contributed by atoms with E-state index in [2.05, 4.69) is 26.8 Å². The van der Waals surface area contributed by atoms with Crippen molar-refractivity contribution in [2.45, 2.75) is 37.5 Å². The van der Waals surface area contributed by atoms with Gasteiger partial charge in [-0.2, -0.15) is 0 Å². The van der Waals surface area contributed by atoms with Crippen molar-refractivity contribution < 1.29 is 4.21 Å².